The summed E-state index contributed by atoms with van der Waals surface area (Å²) in [5.41, 5.74) is 0. The van der Waals surface area contributed by atoms with E-state index in [1.807, 2.05) is 0 Å². The van der Waals surface area contributed by atoms with Gasteiger partial charge in [-0.3, -0.25) is 0 Å². The van der Waals surface area contributed by atoms with Crippen LogP contribution in [0.4, 0.5) is 0 Å². The third-order valence-corrected chi connectivity index (χ3v) is 4.16. The number of hydrogen-bond donors (Lipinski definition) is 0. The van der Waals surface area contributed by atoms with E-state index in [2.05, 4.69) is 12.2 Å². The molecule has 0 heteroatoms. The van der Waals surface area contributed by atoms with Crippen LogP contribution in [0.3, 0.4) is 0 Å². The van der Waals surface area contributed by atoms with Crippen LogP contribution in [0.15, 0.2) is 12.2 Å². The van der Waals surface area contributed by atoms with Gasteiger partial charge < -0.3 is 0 Å². The van der Waals surface area contributed by atoms with Crippen LogP contribution in [0.5, 0.6) is 0 Å². The number of rotatable bonds is 0. The van der Waals surface area contributed by atoms with Gasteiger partial charge in [-0.15, -0.1) is 0 Å². The van der Waals surface area contributed by atoms with Crippen LogP contribution in [0.1, 0.15) is 103 Å². The van der Waals surface area contributed by atoms with Crippen LogP contribution >= 0.6 is 0 Å². The quantitative estimate of drug-likeness (QED) is 0.415. The molecule has 0 heterocycles. The van der Waals surface area contributed by atoms with Crippen LogP contribution in [0.25, 0.3) is 0 Å². The van der Waals surface area contributed by atoms with Gasteiger partial charge in [0.2, 0.25) is 0 Å². The predicted molar refractivity (Wildman–Crippen MR) is 83.0 cm³/mol. The summed E-state index contributed by atoms with van der Waals surface area (Å²) < 4.78 is 0. The second-order valence-electron chi connectivity index (χ2n) is 6.00. The first kappa shape index (κ1) is 15.8. The van der Waals surface area contributed by atoms with Gasteiger partial charge in [0.05, 0.1) is 0 Å². The molecule has 0 atom stereocenters. The lowest BCUT2D eigenvalue weighted by molar-refractivity contribution is 0.533. The van der Waals surface area contributed by atoms with Crippen molar-refractivity contribution in [3.63, 3.8) is 0 Å². The molecule has 1 rings (SSSR count). The van der Waals surface area contributed by atoms with Gasteiger partial charge in [0.15, 0.2) is 0 Å². The fourth-order valence-electron chi connectivity index (χ4n) is 2.88. The molecule has 1 aliphatic rings. The Morgan fingerprint density at radius 2 is 0.500 bits per heavy atom. The standard InChI is InChI=1S/C18H34/c1-2-4-6-8-10-12-14-16-18-17-15-13-11-9-7-5-3-1/h1-2H,3-18H2/b2-1+. The zero-order valence-corrected chi connectivity index (χ0v) is 12.5. The Morgan fingerprint density at radius 3 is 0.778 bits per heavy atom. The Labute approximate surface area is 115 Å². The maximum atomic E-state index is 2.42. The molecule has 0 nitrogen and oxygen atoms in total. The Kier molecular flexibility index (Phi) is 11.6. The molecule has 0 fully saturated rings. The van der Waals surface area contributed by atoms with Crippen LogP contribution in [-0.2, 0) is 0 Å². The van der Waals surface area contributed by atoms with Crippen molar-refractivity contribution in [2.75, 3.05) is 0 Å². The SMILES string of the molecule is C1=C/CCCCCCCCCCCCCCCC/1. The molecule has 0 radical (unpaired) electrons. The van der Waals surface area contributed by atoms with Crippen molar-refractivity contribution in [3.05, 3.63) is 12.2 Å². The fraction of sp³-hybridized carbons (Fsp3) is 0.889. The summed E-state index contributed by atoms with van der Waals surface area (Å²) in [4.78, 5) is 0. The minimum Gasteiger partial charge on any atom is -0.0885 e. The lowest BCUT2D eigenvalue weighted by atomic mass is 10.0. The second kappa shape index (κ2) is 13.2. The second-order valence-corrected chi connectivity index (χ2v) is 6.00. The minimum atomic E-state index is 1.32. The fourth-order valence-corrected chi connectivity index (χ4v) is 2.88. The van der Waals surface area contributed by atoms with Crippen molar-refractivity contribution < 1.29 is 0 Å². The van der Waals surface area contributed by atoms with Crippen molar-refractivity contribution >= 4 is 0 Å². The smallest absolute Gasteiger partial charge is 0.0351 e. The summed E-state index contributed by atoms with van der Waals surface area (Å²) >= 11 is 0. The van der Waals surface area contributed by atoms with Gasteiger partial charge in [0, 0.05) is 0 Å². The highest BCUT2D eigenvalue weighted by Crippen LogP contribution is 2.14. The molecule has 0 amide bonds. The Morgan fingerprint density at radius 1 is 0.278 bits per heavy atom. The molecule has 0 saturated carbocycles. The first-order valence-electron chi connectivity index (χ1n) is 8.65. The molecule has 0 aliphatic heterocycles. The van der Waals surface area contributed by atoms with Gasteiger partial charge in [0.1, 0.15) is 0 Å². The molecular weight excluding hydrogens is 216 g/mol. The first-order valence-corrected chi connectivity index (χ1v) is 8.65. The lowest BCUT2D eigenvalue weighted by Crippen LogP contribution is -1.84. The van der Waals surface area contributed by atoms with Gasteiger partial charge in [-0.05, 0) is 25.7 Å². The van der Waals surface area contributed by atoms with E-state index in [4.69, 9.17) is 0 Å². The molecule has 0 N–H and O–H groups in total. The van der Waals surface area contributed by atoms with E-state index in [1.54, 1.807) is 0 Å². The van der Waals surface area contributed by atoms with E-state index >= 15 is 0 Å². The molecule has 0 spiro atoms. The van der Waals surface area contributed by atoms with Crippen LogP contribution in [-0.4, -0.2) is 0 Å². The average Bonchev–Trinajstić information content (AvgIpc) is 2.39. The highest BCUT2D eigenvalue weighted by Gasteiger charge is 1.94. The lowest BCUT2D eigenvalue weighted by Gasteiger charge is -2.03. The summed E-state index contributed by atoms with van der Waals surface area (Å²) in [7, 11) is 0. The van der Waals surface area contributed by atoms with Gasteiger partial charge in [-0.25, -0.2) is 0 Å². The molecule has 18 heavy (non-hydrogen) atoms. The molecule has 0 aromatic rings. The largest absolute Gasteiger partial charge is 0.0885 e. The highest BCUT2D eigenvalue weighted by atomic mass is 14.0. The van der Waals surface area contributed by atoms with Gasteiger partial charge in [-0.2, -0.15) is 0 Å². The zero-order chi connectivity index (χ0) is 12.7. The Hall–Kier alpha value is -0.260. The van der Waals surface area contributed by atoms with Gasteiger partial charge >= 0.3 is 0 Å². The molecule has 0 aromatic carbocycles. The number of allylic oxidation sites excluding steroid dienone is 2. The van der Waals surface area contributed by atoms with Gasteiger partial charge in [0.25, 0.3) is 0 Å². The summed E-state index contributed by atoms with van der Waals surface area (Å²) in [5.74, 6) is 0. The monoisotopic (exact) mass is 250 g/mol. The normalized spacial score (nSPS) is 24.9. The topological polar surface area (TPSA) is 0 Å². The van der Waals surface area contributed by atoms with Crippen LogP contribution in [0, 0.1) is 0 Å². The van der Waals surface area contributed by atoms with Gasteiger partial charge in [-0.1, -0.05) is 89.2 Å². The van der Waals surface area contributed by atoms with Crippen LogP contribution in [0.2, 0.25) is 0 Å². The molecular formula is C18H34. The Bertz CT molecular complexity index is 160. The van der Waals surface area contributed by atoms with E-state index in [-0.39, 0.29) is 0 Å². The van der Waals surface area contributed by atoms with Crippen molar-refractivity contribution in [1.82, 2.24) is 0 Å². The Balaban J connectivity index is 2.06. The molecule has 0 saturated heterocycles. The van der Waals surface area contributed by atoms with Crippen molar-refractivity contribution in [2.45, 2.75) is 103 Å². The molecule has 0 bridgehead atoms. The third-order valence-electron chi connectivity index (χ3n) is 4.16. The molecule has 106 valence electrons. The average molecular weight is 250 g/mol. The maximum absolute atomic E-state index is 2.42. The third kappa shape index (κ3) is 10.9. The molecule has 0 aromatic heterocycles. The van der Waals surface area contributed by atoms with E-state index in [9.17, 15) is 0 Å². The molecule has 0 unspecified atom stereocenters. The summed E-state index contributed by atoms with van der Waals surface area (Å²) in [6.45, 7) is 0. The van der Waals surface area contributed by atoms with Crippen LogP contribution < -0.4 is 0 Å². The van der Waals surface area contributed by atoms with Crippen molar-refractivity contribution in [3.8, 4) is 0 Å². The van der Waals surface area contributed by atoms with E-state index < -0.39 is 0 Å². The summed E-state index contributed by atoms with van der Waals surface area (Å²) in [6, 6.07) is 0. The first-order chi connectivity index (χ1) is 9.00. The summed E-state index contributed by atoms with van der Waals surface area (Å²) in [5, 5.41) is 0. The molecule has 1 aliphatic carbocycles. The maximum Gasteiger partial charge on any atom is -0.0351 e. The van der Waals surface area contributed by atoms with E-state index in [1.165, 1.54) is 103 Å². The minimum absolute atomic E-state index is 1.32. The highest BCUT2D eigenvalue weighted by molar-refractivity contribution is 4.81. The predicted octanol–water partition coefficient (Wildman–Crippen LogP) is 6.80. The van der Waals surface area contributed by atoms with E-state index in [0.29, 0.717) is 0 Å². The summed E-state index contributed by atoms with van der Waals surface area (Å²) in [6.07, 6.45) is 28.0. The van der Waals surface area contributed by atoms with Crippen molar-refractivity contribution in [2.24, 2.45) is 0 Å². The zero-order valence-electron chi connectivity index (χ0n) is 12.5. The number of hydrogen-bond acceptors (Lipinski definition) is 0. The van der Waals surface area contributed by atoms with E-state index in [0.717, 1.165) is 0 Å². The van der Waals surface area contributed by atoms with Crippen molar-refractivity contribution in [1.29, 1.82) is 0 Å².